The van der Waals surface area contributed by atoms with Crippen LogP contribution in [0.25, 0.3) is 0 Å². The second kappa shape index (κ2) is 4.77. The molecule has 0 fully saturated rings. The van der Waals surface area contributed by atoms with E-state index >= 15 is 0 Å². The Balaban J connectivity index is 2.44. The van der Waals surface area contributed by atoms with Crippen molar-refractivity contribution in [3.05, 3.63) is 52.3 Å². The molecule has 2 rings (SSSR count). The van der Waals surface area contributed by atoms with Gasteiger partial charge in [0.2, 0.25) is 5.78 Å². The Labute approximate surface area is 114 Å². The summed E-state index contributed by atoms with van der Waals surface area (Å²) in [4.78, 5) is 12.3. The van der Waals surface area contributed by atoms with E-state index in [4.69, 9.17) is 0 Å². The van der Waals surface area contributed by atoms with Gasteiger partial charge in [0.15, 0.2) is 0 Å². The van der Waals surface area contributed by atoms with Crippen LogP contribution in [0, 0.1) is 13.8 Å². The van der Waals surface area contributed by atoms with Gasteiger partial charge in [-0.3, -0.25) is 9.48 Å². The van der Waals surface area contributed by atoms with E-state index in [-0.39, 0.29) is 11.3 Å². The molecule has 0 amide bonds. The number of hydrogen-bond acceptors (Lipinski definition) is 2. The molecule has 0 aliphatic heterocycles. The molecule has 106 valence electrons. The van der Waals surface area contributed by atoms with Crippen LogP contribution in [-0.2, 0) is 13.2 Å². The van der Waals surface area contributed by atoms with E-state index in [2.05, 4.69) is 5.10 Å². The Bertz CT molecular complexity index is 672. The fourth-order valence-corrected chi connectivity index (χ4v) is 2.06. The zero-order valence-electron chi connectivity index (χ0n) is 11.2. The van der Waals surface area contributed by atoms with E-state index in [1.807, 2.05) is 0 Å². The lowest BCUT2D eigenvalue weighted by Crippen LogP contribution is -2.11. The lowest BCUT2D eigenvalue weighted by Gasteiger charge is -2.10. The Morgan fingerprint density at radius 2 is 1.85 bits per heavy atom. The highest BCUT2D eigenvalue weighted by Gasteiger charge is 2.31. The second-order valence-corrected chi connectivity index (χ2v) is 4.65. The topological polar surface area (TPSA) is 34.9 Å². The van der Waals surface area contributed by atoms with Gasteiger partial charge in [-0.05, 0) is 37.6 Å². The fourth-order valence-electron chi connectivity index (χ4n) is 2.06. The molecule has 0 bridgehead atoms. The predicted octanol–water partition coefficient (Wildman–Crippen LogP) is 3.29. The Kier molecular flexibility index (Phi) is 3.41. The first-order chi connectivity index (χ1) is 9.20. The van der Waals surface area contributed by atoms with E-state index in [1.54, 1.807) is 20.0 Å². The van der Waals surface area contributed by atoms with Crippen molar-refractivity contribution >= 4 is 5.78 Å². The maximum Gasteiger partial charge on any atom is 0.416 e. The molecule has 0 radical (unpaired) electrons. The quantitative estimate of drug-likeness (QED) is 0.792. The Morgan fingerprint density at radius 3 is 2.30 bits per heavy atom. The fraction of sp³-hybridized carbons (Fsp3) is 0.286. The summed E-state index contributed by atoms with van der Waals surface area (Å²) in [5.74, 6) is -0.334. The van der Waals surface area contributed by atoms with Crippen LogP contribution >= 0.6 is 0 Å². The number of halogens is 3. The highest BCUT2D eigenvalue weighted by molar-refractivity contribution is 6.08. The maximum absolute atomic E-state index is 12.6. The molecule has 0 saturated heterocycles. The minimum atomic E-state index is -4.41. The number of benzene rings is 1. The second-order valence-electron chi connectivity index (χ2n) is 4.65. The van der Waals surface area contributed by atoms with Crippen LogP contribution < -0.4 is 0 Å². The predicted molar refractivity (Wildman–Crippen MR) is 67.6 cm³/mol. The van der Waals surface area contributed by atoms with Gasteiger partial charge in [0.25, 0.3) is 0 Å². The number of aryl methyl sites for hydroxylation is 3. The number of carbonyl (C=O) groups is 1. The SMILES string of the molecule is Cc1cc(C(=O)c2ccc(C(F)(F)F)cc2C)n(C)n1. The summed E-state index contributed by atoms with van der Waals surface area (Å²) >= 11 is 0. The normalized spacial score (nSPS) is 11.7. The lowest BCUT2D eigenvalue weighted by atomic mass is 9.99. The molecule has 0 atom stereocenters. The van der Waals surface area contributed by atoms with Crippen LogP contribution in [0.3, 0.4) is 0 Å². The molecule has 2 aromatic rings. The summed E-state index contributed by atoms with van der Waals surface area (Å²) in [5.41, 5.74) is 0.822. The van der Waals surface area contributed by atoms with Crippen LogP contribution in [0.15, 0.2) is 24.3 Å². The standard InChI is InChI=1S/C14H13F3N2O/c1-8-6-10(14(15,16)17)4-5-11(8)13(20)12-7-9(2)18-19(12)3/h4-7H,1-3H3. The smallest absolute Gasteiger partial charge is 0.287 e. The monoisotopic (exact) mass is 282 g/mol. The average Bonchev–Trinajstić information content (AvgIpc) is 2.66. The van der Waals surface area contributed by atoms with Gasteiger partial charge < -0.3 is 0 Å². The molecule has 1 aromatic carbocycles. The van der Waals surface area contributed by atoms with E-state index in [1.165, 1.54) is 17.7 Å². The van der Waals surface area contributed by atoms with Gasteiger partial charge in [0, 0.05) is 12.6 Å². The van der Waals surface area contributed by atoms with Crippen molar-refractivity contribution in [3.63, 3.8) is 0 Å². The number of nitrogens with zero attached hydrogens (tertiary/aromatic N) is 2. The molecule has 6 heteroatoms. The van der Waals surface area contributed by atoms with Crippen molar-refractivity contribution < 1.29 is 18.0 Å². The summed E-state index contributed by atoms with van der Waals surface area (Å²) in [5, 5.41) is 4.06. The first kappa shape index (κ1) is 14.3. The van der Waals surface area contributed by atoms with Gasteiger partial charge in [-0.2, -0.15) is 18.3 Å². The zero-order valence-corrected chi connectivity index (χ0v) is 11.2. The van der Waals surface area contributed by atoms with Crippen LogP contribution in [0.2, 0.25) is 0 Å². The van der Waals surface area contributed by atoms with E-state index in [9.17, 15) is 18.0 Å². The van der Waals surface area contributed by atoms with Crippen LogP contribution in [-0.4, -0.2) is 15.6 Å². The van der Waals surface area contributed by atoms with Gasteiger partial charge in [-0.15, -0.1) is 0 Å². The van der Waals surface area contributed by atoms with Gasteiger partial charge in [0.05, 0.1) is 11.3 Å². The number of ketones is 1. The summed E-state index contributed by atoms with van der Waals surface area (Å²) in [7, 11) is 1.62. The molecule has 0 aliphatic carbocycles. The van der Waals surface area contributed by atoms with Crippen LogP contribution in [0.4, 0.5) is 13.2 Å². The van der Waals surface area contributed by atoms with E-state index in [0.29, 0.717) is 17.0 Å². The molecular formula is C14H13F3N2O. The molecule has 20 heavy (non-hydrogen) atoms. The largest absolute Gasteiger partial charge is 0.416 e. The Hall–Kier alpha value is -2.11. The molecule has 0 N–H and O–H groups in total. The van der Waals surface area contributed by atoms with Crippen molar-refractivity contribution in [1.82, 2.24) is 9.78 Å². The number of alkyl halides is 3. The van der Waals surface area contributed by atoms with Crippen molar-refractivity contribution in [2.24, 2.45) is 7.05 Å². The average molecular weight is 282 g/mol. The lowest BCUT2D eigenvalue weighted by molar-refractivity contribution is -0.137. The van der Waals surface area contributed by atoms with Gasteiger partial charge in [-0.25, -0.2) is 0 Å². The summed E-state index contributed by atoms with van der Waals surface area (Å²) in [6.45, 7) is 3.24. The summed E-state index contributed by atoms with van der Waals surface area (Å²) in [6, 6.07) is 4.72. The molecule has 1 heterocycles. The first-order valence-electron chi connectivity index (χ1n) is 5.93. The molecule has 0 spiro atoms. The van der Waals surface area contributed by atoms with Gasteiger partial charge in [-0.1, -0.05) is 6.07 Å². The summed E-state index contributed by atoms with van der Waals surface area (Å²) in [6.07, 6.45) is -4.41. The third-order valence-electron chi connectivity index (χ3n) is 3.03. The first-order valence-corrected chi connectivity index (χ1v) is 5.93. The van der Waals surface area contributed by atoms with Crippen molar-refractivity contribution in [2.75, 3.05) is 0 Å². The highest BCUT2D eigenvalue weighted by atomic mass is 19.4. The van der Waals surface area contributed by atoms with Crippen LogP contribution in [0.5, 0.6) is 0 Å². The van der Waals surface area contributed by atoms with Crippen LogP contribution in [0.1, 0.15) is 32.9 Å². The number of aromatic nitrogens is 2. The molecule has 0 aliphatic rings. The molecule has 0 saturated carbocycles. The summed E-state index contributed by atoms with van der Waals surface area (Å²) < 4.78 is 39.2. The highest BCUT2D eigenvalue weighted by Crippen LogP contribution is 2.30. The third kappa shape index (κ3) is 2.59. The third-order valence-corrected chi connectivity index (χ3v) is 3.03. The van der Waals surface area contributed by atoms with Gasteiger partial charge >= 0.3 is 6.18 Å². The Morgan fingerprint density at radius 1 is 1.20 bits per heavy atom. The molecular weight excluding hydrogens is 269 g/mol. The number of hydrogen-bond donors (Lipinski definition) is 0. The van der Waals surface area contributed by atoms with Crippen molar-refractivity contribution in [3.8, 4) is 0 Å². The molecule has 3 nitrogen and oxygen atoms in total. The zero-order chi connectivity index (χ0) is 15.1. The van der Waals surface area contributed by atoms with Crippen molar-refractivity contribution in [1.29, 1.82) is 0 Å². The minimum Gasteiger partial charge on any atom is -0.287 e. The number of rotatable bonds is 2. The van der Waals surface area contributed by atoms with Gasteiger partial charge in [0.1, 0.15) is 5.69 Å². The number of carbonyl (C=O) groups excluding carboxylic acids is 1. The maximum atomic E-state index is 12.6. The minimum absolute atomic E-state index is 0.251. The molecule has 0 unspecified atom stereocenters. The van der Waals surface area contributed by atoms with E-state index in [0.717, 1.165) is 12.1 Å². The van der Waals surface area contributed by atoms with E-state index < -0.39 is 11.7 Å². The van der Waals surface area contributed by atoms with Crippen molar-refractivity contribution in [2.45, 2.75) is 20.0 Å². The molecule has 1 aromatic heterocycles.